The predicted molar refractivity (Wildman–Crippen MR) is 68.8 cm³/mol. The van der Waals surface area contributed by atoms with Crippen LogP contribution in [-0.4, -0.2) is 17.1 Å². The second-order valence-electron chi connectivity index (χ2n) is 4.49. The van der Waals surface area contributed by atoms with Crippen LogP contribution in [0.4, 0.5) is 0 Å². The molecule has 4 nitrogen and oxygen atoms in total. The number of hydrogen-bond donors (Lipinski definition) is 1. The molecule has 3 rings (SSSR count). The van der Waals surface area contributed by atoms with Gasteiger partial charge in [0, 0.05) is 12.0 Å². The summed E-state index contributed by atoms with van der Waals surface area (Å²) in [4.78, 5) is 19.0. The minimum absolute atomic E-state index is 0.104. The Morgan fingerprint density at radius 2 is 2.11 bits per heavy atom. The van der Waals surface area contributed by atoms with Crippen molar-refractivity contribution in [2.24, 2.45) is 0 Å². The van der Waals surface area contributed by atoms with Crippen LogP contribution in [0.25, 0.3) is 11.4 Å². The standard InChI is InChI=1S/C14H14N2O2/c1-18-12-5-3-2-4-10(12)14-15-11(9-6-7-9)8-13(17)16-14/h2-5,8-9H,6-7H2,1H3,(H,15,16,17). The summed E-state index contributed by atoms with van der Waals surface area (Å²) in [6, 6.07) is 9.15. The van der Waals surface area contributed by atoms with Gasteiger partial charge >= 0.3 is 0 Å². The fourth-order valence-corrected chi connectivity index (χ4v) is 2.03. The van der Waals surface area contributed by atoms with Gasteiger partial charge in [0.2, 0.25) is 0 Å². The number of H-pyrrole nitrogens is 1. The number of ether oxygens (including phenoxy) is 1. The molecule has 92 valence electrons. The number of nitrogens with zero attached hydrogens (tertiary/aromatic N) is 1. The first-order valence-electron chi connectivity index (χ1n) is 6.02. The minimum Gasteiger partial charge on any atom is -0.496 e. The topological polar surface area (TPSA) is 55.0 Å². The summed E-state index contributed by atoms with van der Waals surface area (Å²) in [5.74, 6) is 1.76. The molecule has 0 aliphatic heterocycles. The lowest BCUT2D eigenvalue weighted by molar-refractivity contribution is 0.416. The summed E-state index contributed by atoms with van der Waals surface area (Å²) in [5.41, 5.74) is 1.60. The maximum atomic E-state index is 11.7. The van der Waals surface area contributed by atoms with Gasteiger partial charge < -0.3 is 9.72 Å². The molecule has 0 bridgehead atoms. The first-order chi connectivity index (χ1) is 8.78. The van der Waals surface area contributed by atoms with Crippen molar-refractivity contribution in [2.45, 2.75) is 18.8 Å². The van der Waals surface area contributed by atoms with Gasteiger partial charge in [-0.05, 0) is 25.0 Å². The van der Waals surface area contributed by atoms with Crippen molar-refractivity contribution in [3.05, 3.63) is 46.4 Å². The van der Waals surface area contributed by atoms with E-state index < -0.39 is 0 Å². The van der Waals surface area contributed by atoms with Gasteiger partial charge in [-0.15, -0.1) is 0 Å². The van der Waals surface area contributed by atoms with Crippen molar-refractivity contribution in [3.8, 4) is 17.1 Å². The molecule has 1 saturated carbocycles. The summed E-state index contributed by atoms with van der Waals surface area (Å²) in [6.07, 6.45) is 2.25. The highest BCUT2D eigenvalue weighted by Gasteiger charge is 2.26. The summed E-state index contributed by atoms with van der Waals surface area (Å²) < 4.78 is 5.29. The van der Waals surface area contributed by atoms with E-state index in [0.717, 1.165) is 24.1 Å². The number of aromatic nitrogens is 2. The van der Waals surface area contributed by atoms with E-state index in [4.69, 9.17) is 4.74 Å². The van der Waals surface area contributed by atoms with Gasteiger partial charge in [-0.2, -0.15) is 0 Å². The van der Waals surface area contributed by atoms with Crippen LogP contribution in [0.5, 0.6) is 5.75 Å². The lowest BCUT2D eigenvalue weighted by Gasteiger charge is -2.08. The quantitative estimate of drug-likeness (QED) is 0.898. The maximum absolute atomic E-state index is 11.7. The zero-order valence-corrected chi connectivity index (χ0v) is 10.1. The Balaban J connectivity index is 2.13. The highest BCUT2D eigenvalue weighted by atomic mass is 16.5. The van der Waals surface area contributed by atoms with Crippen LogP contribution in [0.1, 0.15) is 24.5 Å². The molecule has 0 amide bonds. The zero-order chi connectivity index (χ0) is 12.5. The first kappa shape index (κ1) is 11.0. The summed E-state index contributed by atoms with van der Waals surface area (Å²) in [7, 11) is 1.61. The molecule has 0 saturated heterocycles. The molecule has 0 unspecified atom stereocenters. The number of nitrogens with one attached hydrogen (secondary N) is 1. The average molecular weight is 242 g/mol. The summed E-state index contributed by atoms with van der Waals surface area (Å²) in [5, 5.41) is 0. The number of rotatable bonds is 3. The monoisotopic (exact) mass is 242 g/mol. The van der Waals surface area contributed by atoms with Crippen molar-refractivity contribution in [1.82, 2.24) is 9.97 Å². The number of para-hydroxylation sites is 1. The van der Waals surface area contributed by atoms with Gasteiger partial charge in [-0.3, -0.25) is 4.79 Å². The van der Waals surface area contributed by atoms with Crippen LogP contribution >= 0.6 is 0 Å². The molecule has 4 heteroatoms. The lowest BCUT2D eigenvalue weighted by atomic mass is 10.1. The largest absolute Gasteiger partial charge is 0.496 e. The third-order valence-corrected chi connectivity index (χ3v) is 3.12. The van der Waals surface area contributed by atoms with E-state index in [2.05, 4.69) is 9.97 Å². The Kier molecular flexibility index (Phi) is 2.63. The fraction of sp³-hybridized carbons (Fsp3) is 0.286. The van der Waals surface area contributed by atoms with Gasteiger partial charge in [0.15, 0.2) is 0 Å². The molecule has 0 spiro atoms. The van der Waals surface area contributed by atoms with Crippen LogP contribution in [0.3, 0.4) is 0 Å². The second kappa shape index (κ2) is 4.29. The predicted octanol–water partition coefficient (Wildman–Crippen LogP) is 2.32. The fourth-order valence-electron chi connectivity index (χ4n) is 2.03. The molecular formula is C14H14N2O2. The molecule has 1 N–H and O–H groups in total. The van der Waals surface area contributed by atoms with Crippen molar-refractivity contribution in [3.63, 3.8) is 0 Å². The van der Waals surface area contributed by atoms with Crippen molar-refractivity contribution in [2.75, 3.05) is 7.11 Å². The molecule has 1 fully saturated rings. The van der Waals surface area contributed by atoms with E-state index in [1.165, 1.54) is 0 Å². The number of benzene rings is 1. The average Bonchev–Trinajstić information content (AvgIpc) is 3.22. The molecule has 0 atom stereocenters. The SMILES string of the molecule is COc1ccccc1-c1nc(C2CC2)cc(=O)[nH]1. The van der Waals surface area contributed by atoms with E-state index >= 15 is 0 Å². The van der Waals surface area contributed by atoms with Crippen LogP contribution in [0.2, 0.25) is 0 Å². The van der Waals surface area contributed by atoms with Crippen LogP contribution < -0.4 is 10.3 Å². The van der Waals surface area contributed by atoms with E-state index in [1.807, 2.05) is 24.3 Å². The van der Waals surface area contributed by atoms with Gasteiger partial charge in [0.25, 0.3) is 5.56 Å². The first-order valence-corrected chi connectivity index (χ1v) is 6.02. The molecule has 2 aromatic rings. The molecule has 1 aromatic heterocycles. The Morgan fingerprint density at radius 3 is 2.83 bits per heavy atom. The van der Waals surface area contributed by atoms with Crippen molar-refractivity contribution < 1.29 is 4.74 Å². The van der Waals surface area contributed by atoms with Gasteiger partial charge in [0.05, 0.1) is 18.4 Å². The molecule has 1 heterocycles. The molecule has 0 radical (unpaired) electrons. The van der Waals surface area contributed by atoms with Crippen LogP contribution in [-0.2, 0) is 0 Å². The molecule has 1 aliphatic rings. The maximum Gasteiger partial charge on any atom is 0.251 e. The van der Waals surface area contributed by atoms with Crippen LogP contribution in [0.15, 0.2) is 35.1 Å². The summed E-state index contributed by atoms with van der Waals surface area (Å²) >= 11 is 0. The van der Waals surface area contributed by atoms with Gasteiger partial charge in [-0.25, -0.2) is 4.98 Å². The zero-order valence-electron chi connectivity index (χ0n) is 10.1. The number of hydrogen-bond acceptors (Lipinski definition) is 3. The second-order valence-corrected chi connectivity index (χ2v) is 4.49. The minimum atomic E-state index is -0.104. The third kappa shape index (κ3) is 2.01. The highest BCUT2D eigenvalue weighted by Crippen LogP contribution is 2.39. The molecule has 1 aliphatic carbocycles. The highest BCUT2D eigenvalue weighted by molar-refractivity contribution is 5.63. The van der Waals surface area contributed by atoms with Crippen LogP contribution in [0, 0.1) is 0 Å². The van der Waals surface area contributed by atoms with Gasteiger partial charge in [0.1, 0.15) is 11.6 Å². The van der Waals surface area contributed by atoms with Crippen molar-refractivity contribution in [1.29, 1.82) is 0 Å². The van der Waals surface area contributed by atoms with Crippen molar-refractivity contribution >= 4 is 0 Å². The summed E-state index contributed by atoms with van der Waals surface area (Å²) in [6.45, 7) is 0. The Hall–Kier alpha value is -2.10. The normalized spacial score (nSPS) is 14.5. The van der Waals surface area contributed by atoms with E-state index in [9.17, 15) is 4.79 Å². The van der Waals surface area contributed by atoms with E-state index in [0.29, 0.717) is 17.5 Å². The Labute approximate surface area is 105 Å². The molecule has 1 aromatic carbocycles. The molecule has 18 heavy (non-hydrogen) atoms. The number of methoxy groups -OCH3 is 1. The molecular weight excluding hydrogens is 228 g/mol. The smallest absolute Gasteiger partial charge is 0.251 e. The van der Waals surface area contributed by atoms with E-state index in [-0.39, 0.29) is 5.56 Å². The lowest BCUT2D eigenvalue weighted by Crippen LogP contribution is -2.10. The third-order valence-electron chi connectivity index (χ3n) is 3.12. The van der Waals surface area contributed by atoms with E-state index in [1.54, 1.807) is 13.2 Å². The number of aromatic amines is 1. The Bertz CT molecular complexity index is 630. The Morgan fingerprint density at radius 1 is 1.33 bits per heavy atom. The van der Waals surface area contributed by atoms with Gasteiger partial charge in [-0.1, -0.05) is 12.1 Å².